The minimum atomic E-state index is -3.93. The summed E-state index contributed by atoms with van der Waals surface area (Å²) in [5, 5.41) is 13.5. The Hall–Kier alpha value is -1.05. The Bertz CT molecular complexity index is 480. The fourth-order valence-corrected chi connectivity index (χ4v) is 2.05. The minimum absolute atomic E-state index is 0.123. The van der Waals surface area contributed by atoms with E-state index in [0.29, 0.717) is 0 Å². The Morgan fingerprint density at radius 3 is 2.43 bits per heavy atom. The van der Waals surface area contributed by atoms with Crippen LogP contribution in [0, 0.1) is 0 Å². The minimum Gasteiger partial charge on any atom is -0.478 e. The molecular formula is C7H7NO4S2. The van der Waals surface area contributed by atoms with Gasteiger partial charge in [0.1, 0.15) is 0 Å². The van der Waals surface area contributed by atoms with Crippen molar-refractivity contribution in [1.29, 1.82) is 0 Å². The summed E-state index contributed by atoms with van der Waals surface area (Å²) in [7, 11) is -3.93. The number of carbonyl (C=O) groups is 1. The monoisotopic (exact) mass is 233 g/mol. The highest BCUT2D eigenvalue weighted by Crippen LogP contribution is 2.19. The van der Waals surface area contributed by atoms with Crippen molar-refractivity contribution in [2.24, 2.45) is 5.14 Å². The molecule has 76 valence electrons. The van der Waals surface area contributed by atoms with Crippen LogP contribution in [-0.4, -0.2) is 19.5 Å². The van der Waals surface area contributed by atoms with Crippen LogP contribution in [0.1, 0.15) is 10.4 Å². The highest BCUT2D eigenvalue weighted by atomic mass is 32.2. The van der Waals surface area contributed by atoms with Gasteiger partial charge in [-0.2, -0.15) is 0 Å². The van der Waals surface area contributed by atoms with E-state index < -0.39 is 16.0 Å². The number of thiol groups is 1. The molecule has 0 saturated heterocycles. The average molecular weight is 233 g/mol. The van der Waals surface area contributed by atoms with Gasteiger partial charge in [0.25, 0.3) is 0 Å². The van der Waals surface area contributed by atoms with Crippen LogP contribution in [-0.2, 0) is 10.0 Å². The van der Waals surface area contributed by atoms with Crippen LogP contribution >= 0.6 is 12.6 Å². The van der Waals surface area contributed by atoms with E-state index in [1.807, 2.05) is 0 Å². The van der Waals surface area contributed by atoms with E-state index in [1.165, 1.54) is 12.1 Å². The van der Waals surface area contributed by atoms with Crippen LogP contribution < -0.4 is 5.14 Å². The lowest BCUT2D eigenvalue weighted by Crippen LogP contribution is -2.14. The van der Waals surface area contributed by atoms with Crippen LogP contribution in [0.25, 0.3) is 0 Å². The molecule has 0 saturated carbocycles. The Kier molecular flexibility index (Phi) is 2.84. The molecule has 0 aliphatic rings. The molecule has 0 amide bonds. The molecule has 0 bridgehead atoms. The van der Waals surface area contributed by atoms with Gasteiger partial charge in [-0.25, -0.2) is 18.4 Å². The van der Waals surface area contributed by atoms with Gasteiger partial charge in [-0.3, -0.25) is 0 Å². The second-order valence-electron chi connectivity index (χ2n) is 2.53. The molecule has 1 rings (SSSR count). The largest absolute Gasteiger partial charge is 0.478 e. The van der Waals surface area contributed by atoms with Gasteiger partial charge in [-0.1, -0.05) is 0 Å². The smallest absolute Gasteiger partial charge is 0.335 e. The summed E-state index contributed by atoms with van der Waals surface area (Å²) in [4.78, 5) is 10.4. The third-order valence-corrected chi connectivity index (χ3v) is 3.01. The quantitative estimate of drug-likeness (QED) is 0.641. The molecular weight excluding hydrogens is 226 g/mol. The topological polar surface area (TPSA) is 97.5 Å². The average Bonchev–Trinajstić information content (AvgIpc) is 2.02. The number of hydrogen-bond donors (Lipinski definition) is 3. The number of nitrogens with two attached hydrogens (primary N) is 1. The van der Waals surface area contributed by atoms with Crippen LogP contribution in [0.5, 0.6) is 0 Å². The van der Waals surface area contributed by atoms with E-state index in [-0.39, 0.29) is 15.4 Å². The van der Waals surface area contributed by atoms with E-state index in [2.05, 4.69) is 12.6 Å². The highest BCUT2D eigenvalue weighted by Gasteiger charge is 2.14. The zero-order valence-corrected chi connectivity index (χ0v) is 8.55. The molecule has 14 heavy (non-hydrogen) atoms. The Morgan fingerprint density at radius 1 is 1.43 bits per heavy atom. The summed E-state index contributed by atoms with van der Waals surface area (Å²) >= 11 is 3.85. The van der Waals surface area contributed by atoms with Crippen LogP contribution in [0.3, 0.4) is 0 Å². The molecule has 0 aliphatic carbocycles. The molecule has 0 unspecified atom stereocenters. The summed E-state index contributed by atoms with van der Waals surface area (Å²) in [6.45, 7) is 0. The molecule has 3 N–H and O–H groups in total. The molecule has 0 radical (unpaired) electrons. The van der Waals surface area contributed by atoms with Crippen LogP contribution in [0.15, 0.2) is 28.0 Å². The zero-order valence-electron chi connectivity index (χ0n) is 6.84. The third-order valence-electron chi connectivity index (χ3n) is 1.51. The Morgan fingerprint density at radius 2 is 2.00 bits per heavy atom. The van der Waals surface area contributed by atoms with Gasteiger partial charge in [0.15, 0.2) is 0 Å². The lowest BCUT2D eigenvalue weighted by Gasteiger charge is -2.03. The zero-order chi connectivity index (χ0) is 10.9. The maximum atomic E-state index is 11.0. The number of aromatic carboxylic acids is 1. The standard InChI is InChI=1S/C7H7NO4S2/c8-14(11,12)6-3-4(7(9)10)1-2-5(6)13/h1-3,13H,(H,9,10)(H2,8,11,12). The van der Waals surface area contributed by atoms with E-state index >= 15 is 0 Å². The second kappa shape index (κ2) is 3.60. The third kappa shape index (κ3) is 2.25. The van der Waals surface area contributed by atoms with Crippen LogP contribution in [0.2, 0.25) is 0 Å². The Balaban J connectivity index is 3.44. The van der Waals surface area contributed by atoms with Gasteiger partial charge in [0.2, 0.25) is 10.0 Å². The van der Waals surface area contributed by atoms with Crippen molar-refractivity contribution in [3.05, 3.63) is 23.8 Å². The van der Waals surface area contributed by atoms with Gasteiger partial charge >= 0.3 is 5.97 Å². The summed E-state index contributed by atoms with van der Waals surface area (Å²) in [5.74, 6) is -1.22. The van der Waals surface area contributed by atoms with Crippen molar-refractivity contribution >= 4 is 28.6 Å². The van der Waals surface area contributed by atoms with Crippen molar-refractivity contribution in [3.8, 4) is 0 Å². The summed E-state index contributed by atoms with van der Waals surface area (Å²) < 4.78 is 21.9. The van der Waals surface area contributed by atoms with Crippen molar-refractivity contribution in [3.63, 3.8) is 0 Å². The number of primary sulfonamides is 1. The first kappa shape index (κ1) is 11.0. The number of hydrogen-bond acceptors (Lipinski definition) is 4. The number of benzene rings is 1. The number of rotatable bonds is 2. The van der Waals surface area contributed by atoms with Crippen molar-refractivity contribution in [2.45, 2.75) is 9.79 Å². The van der Waals surface area contributed by atoms with E-state index in [4.69, 9.17) is 10.2 Å². The molecule has 0 fully saturated rings. The van der Waals surface area contributed by atoms with Gasteiger partial charge < -0.3 is 5.11 Å². The van der Waals surface area contributed by atoms with Gasteiger partial charge in [-0.05, 0) is 18.2 Å². The van der Waals surface area contributed by atoms with Gasteiger partial charge in [0.05, 0.1) is 10.5 Å². The number of sulfonamides is 1. The second-order valence-corrected chi connectivity index (χ2v) is 4.54. The molecule has 7 heteroatoms. The molecule has 0 aromatic heterocycles. The fourth-order valence-electron chi connectivity index (χ4n) is 0.875. The first-order valence-corrected chi connectivity index (χ1v) is 5.41. The lowest BCUT2D eigenvalue weighted by molar-refractivity contribution is 0.0696. The summed E-state index contributed by atoms with van der Waals surface area (Å²) in [6, 6.07) is 3.49. The molecule has 0 aliphatic heterocycles. The summed E-state index contributed by atoms with van der Waals surface area (Å²) in [6.07, 6.45) is 0. The molecule has 1 aromatic rings. The Labute approximate surface area is 86.0 Å². The van der Waals surface area contributed by atoms with Crippen molar-refractivity contribution in [2.75, 3.05) is 0 Å². The van der Waals surface area contributed by atoms with E-state index in [1.54, 1.807) is 0 Å². The first-order chi connectivity index (χ1) is 6.32. The SMILES string of the molecule is NS(=O)(=O)c1cc(C(=O)O)ccc1S. The predicted octanol–water partition coefficient (Wildman–Crippen LogP) is 0.321. The fraction of sp³-hybridized carbons (Fsp3) is 0. The summed E-state index contributed by atoms with van der Waals surface area (Å²) in [5.41, 5.74) is -0.146. The highest BCUT2D eigenvalue weighted by molar-refractivity contribution is 7.90. The first-order valence-electron chi connectivity index (χ1n) is 3.41. The van der Waals surface area contributed by atoms with Gasteiger partial charge in [-0.15, -0.1) is 12.6 Å². The van der Waals surface area contributed by atoms with Gasteiger partial charge in [0, 0.05) is 4.90 Å². The molecule has 1 aromatic carbocycles. The maximum absolute atomic E-state index is 11.0. The molecule has 0 heterocycles. The van der Waals surface area contributed by atoms with E-state index in [9.17, 15) is 13.2 Å². The molecule has 0 spiro atoms. The van der Waals surface area contributed by atoms with Crippen molar-refractivity contribution in [1.82, 2.24) is 0 Å². The number of carboxylic acid groups (broad SMARTS) is 1. The molecule has 0 atom stereocenters. The van der Waals surface area contributed by atoms with Crippen LogP contribution in [0.4, 0.5) is 0 Å². The lowest BCUT2D eigenvalue weighted by atomic mass is 10.2. The molecule has 5 nitrogen and oxygen atoms in total. The maximum Gasteiger partial charge on any atom is 0.335 e. The normalized spacial score (nSPS) is 11.3. The van der Waals surface area contributed by atoms with Crippen molar-refractivity contribution < 1.29 is 18.3 Å². The van der Waals surface area contributed by atoms with E-state index in [0.717, 1.165) is 6.07 Å². The predicted molar refractivity (Wildman–Crippen MR) is 52.0 cm³/mol. The number of carboxylic acids is 1.